The van der Waals surface area contributed by atoms with E-state index in [-0.39, 0.29) is 6.54 Å². The molecule has 0 aliphatic rings. The van der Waals surface area contributed by atoms with Gasteiger partial charge in [0.2, 0.25) is 0 Å². The van der Waals surface area contributed by atoms with Gasteiger partial charge in [-0.05, 0) is 38.5 Å². The Morgan fingerprint density at radius 1 is 1.13 bits per heavy atom. The molecule has 0 heterocycles. The van der Waals surface area contributed by atoms with Crippen molar-refractivity contribution >= 4 is 11.8 Å². The van der Waals surface area contributed by atoms with E-state index in [0.717, 1.165) is 0 Å². The molecule has 0 aliphatic heterocycles. The van der Waals surface area contributed by atoms with E-state index in [1.54, 1.807) is 39.0 Å². The maximum Gasteiger partial charge on any atom is 0.309 e. The molecule has 0 fully saturated rings. The third-order valence-corrected chi connectivity index (χ3v) is 2.94. The summed E-state index contributed by atoms with van der Waals surface area (Å²) in [6.07, 6.45) is -0.971. The van der Waals surface area contributed by atoms with Gasteiger partial charge in [-0.15, -0.1) is 0 Å². The van der Waals surface area contributed by atoms with Crippen molar-refractivity contribution in [3.63, 3.8) is 0 Å². The fourth-order valence-electron chi connectivity index (χ4n) is 1.84. The van der Waals surface area contributed by atoms with Gasteiger partial charge in [-0.1, -0.05) is 6.07 Å². The van der Waals surface area contributed by atoms with E-state index in [0.29, 0.717) is 17.1 Å². The molecule has 0 aromatic heterocycles. The fraction of sp³-hybridized carbons (Fsp3) is 0.500. The quantitative estimate of drug-likeness (QED) is 0.695. The van der Waals surface area contributed by atoms with Gasteiger partial charge >= 0.3 is 11.8 Å². The van der Waals surface area contributed by atoms with Gasteiger partial charge in [-0.25, -0.2) is 0 Å². The van der Waals surface area contributed by atoms with Crippen LogP contribution in [0.25, 0.3) is 0 Å². The largest absolute Gasteiger partial charge is 0.493 e. The smallest absolute Gasteiger partial charge is 0.309 e. The molecular weight excluding hydrogens is 300 g/mol. The zero-order chi connectivity index (χ0) is 17.6. The molecule has 0 spiro atoms. The van der Waals surface area contributed by atoms with Gasteiger partial charge in [0.15, 0.2) is 11.5 Å². The van der Waals surface area contributed by atoms with Crippen LogP contribution in [0, 0.1) is 0 Å². The van der Waals surface area contributed by atoms with Crippen LogP contribution in [0.5, 0.6) is 11.5 Å². The lowest BCUT2D eigenvalue weighted by Crippen LogP contribution is -2.48. The summed E-state index contributed by atoms with van der Waals surface area (Å²) in [5, 5.41) is 15.1. The van der Waals surface area contributed by atoms with Crippen molar-refractivity contribution in [1.82, 2.24) is 10.6 Å². The highest BCUT2D eigenvalue weighted by Gasteiger charge is 2.21. The highest BCUT2D eigenvalue weighted by atomic mass is 16.5. The first kappa shape index (κ1) is 18.8. The Balaban J connectivity index is 2.65. The molecule has 1 atom stereocenters. The molecule has 128 valence electrons. The number of benzene rings is 1. The summed E-state index contributed by atoms with van der Waals surface area (Å²) in [6.45, 7) is 5.23. The van der Waals surface area contributed by atoms with Gasteiger partial charge < -0.3 is 25.2 Å². The number of carbonyl (C=O) groups is 2. The van der Waals surface area contributed by atoms with E-state index in [1.165, 1.54) is 14.2 Å². The van der Waals surface area contributed by atoms with Gasteiger partial charge in [0.25, 0.3) is 0 Å². The van der Waals surface area contributed by atoms with Crippen molar-refractivity contribution in [3.05, 3.63) is 23.8 Å². The molecule has 1 aromatic carbocycles. The highest BCUT2D eigenvalue weighted by Crippen LogP contribution is 2.29. The molecule has 2 amide bonds. The summed E-state index contributed by atoms with van der Waals surface area (Å²) in [7, 11) is 3.01. The first-order valence-electron chi connectivity index (χ1n) is 7.18. The van der Waals surface area contributed by atoms with E-state index in [4.69, 9.17) is 9.47 Å². The number of hydrogen-bond acceptors (Lipinski definition) is 5. The lowest BCUT2D eigenvalue weighted by molar-refractivity contribution is -0.140. The maximum absolute atomic E-state index is 11.7. The molecule has 0 aliphatic carbocycles. The predicted molar refractivity (Wildman–Crippen MR) is 85.4 cm³/mol. The van der Waals surface area contributed by atoms with E-state index in [1.807, 2.05) is 0 Å². The number of aliphatic hydroxyl groups excluding tert-OH is 1. The number of nitrogens with one attached hydrogen (secondary N) is 2. The fourth-order valence-corrected chi connectivity index (χ4v) is 1.84. The number of ether oxygens (including phenoxy) is 2. The molecule has 1 rings (SSSR count). The lowest BCUT2D eigenvalue weighted by atomic mass is 10.1. The maximum atomic E-state index is 11.7. The molecule has 0 saturated heterocycles. The number of methoxy groups -OCH3 is 2. The number of amides is 2. The second-order valence-corrected chi connectivity index (χ2v) is 6.04. The Kier molecular flexibility index (Phi) is 6.38. The summed E-state index contributed by atoms with van der Waals surface area (Å²) in [4.78, 5) is 23.4. The molecule has 7 nitrogen and oxygen atoms in total. The third-order valence-electron chi connectivity index (χ3n) is 2.94. The van der Waals surface area contributed by atoms with Crippen LogP contribution in [0.15, 0.2) is 18.2 Å². The van der Waals surface area contributed by atoms with Crippen molar-refractivity contribution in [1.29, 1.82) is 0 Å². The van der Waals surface area contributed by atoms with Gasteiger partial charge in [-0.3, -0.25) is 9.59 Å². The van der Waals surface area contributed by atoms with Crippen molar-refractivity contribution < 1.29 is 24.2 Å². The summed E-state index contributed by atoms with van der Waals surface area (Å²) in [5.74, 6) is -0.519. The van der Waals surface area contributed by atoms with Crippen LogP contribution >= 0.6 is 0 Å². The number of rotatable bonds is 5. The first-order chi connectivity index (χ1) is 10.7. The number of carbonyl (C=O) groups excluding carboxylic acids is 2. The third kappa shape index (κ3) is 5.78. The van der Waals surface area contributed by atoms with Crippen LogP contribution in [-0.2, 0) is 9.59 Å². The van der Waals surface area contributed by atoms with Crippen LogP contribution in [0.4, 0.5) is 0 Å². The average molecular weight is 324 g/mol. The second kappa shape index (κ2) is 7.82. The zero-order valence-corrected chi connectivity index (χ0v) is 14.1. The van der Waals surface area contributed by atoms with Gasteiger partial charge in [-0.2, -0.15) is 0 Å². The Morgan fingerprint density at radius 3 is 2.26 bits per heavy atom. The summed E-state index contributed by atoms with van der Waals surface area (Å²) < 4.78 is 10.3. The lowest BCUT2D eigenvalue weighted by Gasteiger charge is -2.20. The highest BCUT2D eigenvalue weighted by molar-refractivity contribution is 6.35. The number of hydrogen-bond donors (Lipinski definition) is 3. The van der Waals surface area contributed by atoms with E-state index in [9.17, 15) is 14.7 Å². The van der Waals surface area contributed by atoms with E-state index < -0.39 is 23.5 Å². The Labute approximate surface area is 136 Å². The van der Waals surface area contributed by atoms with E-state index >= 15 is 0 Å². The minimum atomic E-state index is -0.971. The minimum absolute atomic E-state index is 0.0914. The van der Waals surface area contributed by atoms with Crippen molar-refractivity contribution in [3.8, 4) is 11.5 Å². The molecule has 0 bridgehead atoms. The van der Waals surface area contributed by atoms with Gasteiger partial charge in [0.1, 0.15) is 0 Å². The number of aliphatic hydroxyl groups is 1. The minimum Gasteiger partial charge on any atom is -0.493 e. The van der Waals surface area contributed by atoms with Gasteiger partial charge in [0.05, 0.1) is 20.3 Å². The Hall–Kier alpha value is -2.28. The van der Waals surface area contributed by atoms with Crippen LogP contribution in [0.3, 0.4) is 0 Å². The predicted octanol–water partition coefficient (Wildman–Crippen LogP) is 0.768. The average Bonchev–Trinajstić information content (AvgIpc) is 2.49. The normalized spacial score (nSPS) is 12.3. The summed E-state index contributed by atoms with van der Waals surface area (Å²) in [5.41, 5.74) is 0.0373. The molecular formula is C16H24N2O5. The molecule has 7 heteroatoms. The van der Waals surface area contributed by atoms with Gasteiger partial charge in [0, 0.05) is 12.1 Å². The Morgan fingerprint density at radius 2 is 1.74 bits per heavy atom. The topological polar surface area (TPSA) is 96.9 Å². The first-order valence-corrected chi connectivity index (χ1v) is 7.18. The van der Waals surface area contributed by atoms with Crippen molar-refractivity contribution in [2.24, 2.45) is 0 Å². The van der Waals surface area contributed by atoms with Crippen LogP contribution in [-0.4, -0.2) is 43.2 Å². The van der Waals surface area contributed by atoms with Crippen LogP contribution in [0.2, 0.25) is 0 Å². The molecule has 0 saturated carbocycles. The molecule has 1 aromatic rings. The molecule has 23 heavy (non-hydrogen) atoms. The van der Waals surface area contributed by atoms with E-state index in [2.05, 4.69) is 10.6 Å². The summed E-state index contributed by atoms with van der Waals surface area (Å²) >= 11 is 0. The summed E-state index contributed by atoms with van der Waals surface area (Å²) in [6, 6.07) is 4.93. The van der Waals surface area contributed by atoms with Crippen LogP contribution < -0.4 is 20.1 Å². The molecule has 0 radical (unpaired) electrons. The zero-order valence-electron chi connectivity index (χ0n) is 14.1. The SMILES string of the molecule is COc1ccc([C@@H](O)CNC(=O)C(=O)NC(C)(C)C)cc1OC. The molecule has 3 N–H and O–H groups in total. The van der Waals surface area contributed by atoms with Crippen molar-refractivity contribution in [2.45, 2.75) is 32.4 Å². The van der Waals surface area contributed by atoms with Crippen molar-refractivity contribution in [2.75, 3.05) is 20.8 Å². The molecule has 0 unspecified atom stereocenters. The second-order valence-electron chi connectivity index (χ2n) is 6.04. The standard InChI is InChI=1S/C16H24N2O5/c1-16(2,3)18-15(21)14(20)17-9-11(19)10-6-7-12(22-4)13(8-10)23-5/h6-8,11,19H,9H2,1-5H3,(H,17,20)(H,18,21)/t11-/m0/s1. The monoisotopic (exact) mass is 324 g/mol. The Bertz CT molecular complexity index is 566. The van der Waals surface area contributed by atoms with Crippen LogP contribution in [0.1, 0.15) is 32.4 Å².